The quantitative estimate of drug-likeness (QED) is 0.742. The van der Waals surface area contributed by atoms with Crippen molar-refractivity contribution in [1.29, 1.82) is 0 Å². The van der Waals surface area contributed by atoms with Gasteiger partial charge in [0.2, 0.25) is 0 Å². The monoisotopic (exact) mass is 401 g/mol. The zero-order valence-electron chi connectivity index (χ0n) is 16.7. The van der Waals surface area contributed by atoms with Gasteiger partial charge in [0, 0.05) is 38.4 Å². The lowest BCUT2D eigenvalue weighted by Gasteiger charge is -2.37. The van der Waals surface area contributed by atoms with Gasteiger partial charge in [-0.2, -0.15) is 0 Å². The first-order chi connectivity index (χ1) is 14.1. The molecule has 0 aliphatic carbocycles. The molecule has 2 aromatic carbocycles. The number of ether oxygens (including phenoxy) is 1. The number of hydrogen-bond acceptors (Lipinski definition) is 5. The number of carbonyl (C=O) groups is 1. The number of piperazine rings is 1. The fraction of sp³-hybridized carbons (Fsp3) is 0.409. The molecule has 0 saturated carbocycles. The normalized spacial score (nSPS) is 15.8. The number of β-amino-alcohol motifs (C(OH)–C–C–N with tert-alkyl or cyclic N) is 1. The van der Waals surface area contributed by atoms with Crippen LogP contribution in [0, 0.1) is 5.82 Å². The molecule has 1 aliphatic rings. The molecule has 7 heteroatoms. The molecule has 0 aromatic heterocycles. The van der Waals surface area contributed by atoms with Gasteiger partial charge in [0.05, 0.1) is 18.4 Å². The molecule has 29 heavy (non-hydrogen) atoms. The Labute approximate surface area is 170 Å². The van der Waals surface area contributed by atoms with Crippen molar-refractivity contribution in [2.75, 3.05) is 49.5 Å². The first-order valence-electron chi connectivity index (χ1n) is 10.0. The van der Waals surface area contributed by atoms with E-state index in [0.717, 1.165) is 38.2 Å². The van der Waals surface area contributed by atoms with Crippen molar-refractivity contribution in [3.05, 3.63) is 59.9 Å². The Morgan fingerprint density at radius 2 is 1.83 bits per heavy atom. The molecule has 1 amide bonds. The number of hydrogen-bond donors (Lipinski definition) is 2. The number of amides is 1. The third kappa shape index (κ3) is 5.92. The van der Waals surface area contributed by atoms with Crippen LogP contribution in [0.3, 0.4) is 0 Å². The first kappa shape index (κ1) is 21.1. The Bertz CT molecular complexity index is 792. The number of anilines is 2. The molecule has 6 nitrogen and oxygen atoms in total. The molecular formula is C22H28FN3O3. The summed E-state index contributed by atoms with van der Waals surface area (Å²) >= 11 is 0. The zero-order valence-corrected chi connectivity index (χ0v) is 16.7. The molecule has 0 bridgehead atoms. The van der Waals surface area contributed by atoms with Gasteiger partial charge < -0.3 is 14.7 Å². The van der Waals surface area contributed by atoms with E-state index in [9.17, 15) is 14.3 Å². The minimum atomic E-state index is -0.629. The summed E-state index contributed by atoms with van der Waals surface area (Å²) in [7, 11) is 0. The van der Waals surface area contributed by atoms with Gasteiger partial charge in [-0.25, -0.2) is 9.18 Å². The van der Waals surface area contributed by atoms with Crippen molar-refractivity contribution in [2.24, 2.45) is 0 Å². The van der Waals surface area contributed by atoms with Gasteiger partial charge in [-0.3, -0.25) is 10.2 Å². The summed E-state index contributed by atoms with van der Waals surface area (Å²) in [6.07, 6.45) is -0.336. The van der Waals surface area contributed by atoms with E-state index in [1.165, 1.54) is 6.07 Å². The summed E-state index contributed by atoms with van der Waals surface area (Å²) in [5, 5.41) is 13.2. The maximum Gasteiger partial charge on any atom is 0.411 e. The molecule has 2 N–H and O–H groups in total. The van der Waals surface area contributed by atoms with Gasteiger partial charge >= 0.3 is 6.09 Å². The number of aliphatic hydroxyl groups excluding tert-OH is 1. The second-order valence-electron chi connectivity index (χ2n) is 7.14. The van der Waals surface area contributed by atoms with Gasteiger partial charge in [0.25, 0.3) is 0 Å². The van der Waals surface area contributed by atoms with Crippen LogP contribution in [0.1, 0.15) is 25.0 Å². The Hall–Kier alpha value is -2.64. The lowest BCUT2D eigenvalue weighted by molar-refractivity contribution is 0.109. The Morgan fingerprint density at radius 1 is 1.14 bits per heavy atom. The third-order valence-corrected chi connectivity index (χ3v) is 4.98. The van der Waals surface area contributed by atoms with Crippen molar-refractivity contribution in [3.8, 4) is 0 Å². The number of halogens is 1. The summed E-state index contributed by atoms with van der Waals surface area (Å²) in [4.78, 5) is 15.8. The largest absolute Gasteiger partial charge is 0.449 e. The van der Waals surface area contributed by atoms with Gasteiger partial charge in [0.15, 0.2) is 0 Å². The van der Waals surface area contributed by atoms with E-state index in [2.05, 4.69) is 10.2 Å². The molecular weight excluding hydrogens is 373 g/mol. The minimum absolute atomic E-state index is 0.201. The van der Waals surface area contributed by atoms with Crippen LogP contribution in [-0.2, 0) is 4.74 Å². The van der Waals surface area contributed by atoms with Gasteiger partial charge in [0.1, 0.15) is 5.82 Å². The summed E-state index contributed by atoms with van der Waals surface area (Å²) < 4.78 is 18.9. The highest BCUT2D eigenvalue weighted by Crippen LogP contribution is 2.22. The molecule has 1 heterocycles. The number of rotatable bonds is 7. The number of nitrogens with zero attached hydrogens (tertiary/aromatic N) is 2. The van der Waals surface area contributed by atoms with Crippen LogP contribution in [0.5, 0.6) is 0 Å². The van der Waals surface area contributed by atoms with Crippen LogP contribution >= 0.6 is 0 Å². The molecule has 1 fully saturated rings. The van der Waals surface area contributed by atoms with Crippen molar-refractivity contribution >= 4 is 17.5 Å². The lowest BCUT2D eigenvalue weighted by Crippen LogP contribution is -2.47. The van der Waals surface area contributed by atoms with Crippen LogP contribution in [0.25, 0.3) is 0 Å². The van der Waals surface area contributed by atoms with E-state index in [0.29, 0.717) is 24.5 Å². The second-order valence-corrected chi connectivity index (χ2v) is 7.14. The van der Waals surface area contributed by atoms with Crippen molar-refractivity contribution in [1.82, 2.24) is 4.90 Å². The molecule has 1 unspecified atom stereocenters. The second kappa shape index (κ2) is 10.2. The molecule has 1 atom stereocenters. The first-order valence-corrected chi connectivity index (χ1v) is 10.0. The summed E-state index contributed by atoms with van der Waals surface area (Å²) in [5.74, 6) is -0.201. The maximum absolute atomic E-state index is 13.9. The minimum Gasteiger partial charge on any atom is -0.449 e. The fourth-order valence-corrected chi connectivity index (χ4v) is 3.37. The molecule has 156 valence electrons. The smallest absolute Gasteiger partial charge is 0.411 e. The number of carbonyl (C=O) groups excluding carboxylic acids is 1. The summed E-state index contributed by atoms with van der Waals surface area (Å²) in [6.45, 7) is 5.78. The topological polar surface area (TPSA) is 65.0 Å². The van der Waals surface area contributed by atoms with Gasteiger partial charge in [-0.05, 0) is 36.2 Å². The summed E-state index contributed by atoms with van der Waals surface area (Å²) in [5.41, 5.74) is 2.04. The number of para-hydroxylation sites is 1. The zero-order chi connectivity index (χ0) is 20.6. The van der Waals surface area contributed by atoms with Crippen LogP contribution < -0.4 is 10.2 Å². The Morgan fingerprint density at radius 3 is 2.48 bits per heavy atom. The molecule has 3 rings (SSSR count). The maximum atomic E-state index is 13.9. The Kier molecular flexibility index (Phi) is 7.43. The SMILES string of the molecule is CCCOC(=O)Nc1ccc(C(O)CN2CCN(c3ccccc3F)CC2)cc1. The van der Waals surface area contributed by atoms with Crippen molar-refractivity contribution < 1.29 is 19.0 Å². The van der Waals surface area contributed by atoms with E-state index in [1.807, 2.05) is 17.9 Å². The van der Waals surface area contributed by atoms with Gasteiger partial charge in [-0.15, -0.1) is 0 Å². The average Bonchev–Trinajstić information content (AvgIpc) is 2.74. The number of aliphatic hydroxyl groups is 1. The lowest BCUT2D eigenvalue weighted by atomic mass is 10.1. The molecule has 1 saturated heterocycles. The Balaban J connectivity index is 1.47. The highest BCUT2D eigenvalue weighted by molar-refractivity contribution is 5.84. The third-order valence-electron chi connectivity index (χ3n) is 4.98. The van der Waals surface area contributed by atoms with Crippen LogP contribution in [0.2, 0.25) is 0 Å². The standard InChI is InChI=1S/C22H28FN3O3/c1-2-15-29-22(28)24-18-9-7-17(8-10-18)21(27)16-25-11-13-26(14-12-25)20-6-4-3-5-19(20)23/h3-10,21,27H,2,11-16H2,1H3,(H,24,28). The van der Waals surface area contributed by atoms with Crippen LogP contribution in [0.4, 0.5) is 20.6 Å². The molecule has 1 aliphatic heterocycles. The predicted octanol–water partition coefficient (Wildman–Crippen LogP) is 3.64. The molecule has 2 aromatic rings. The number of benzene rings is 2. The highest BCUT2D eigenvalue weighted by atomic mass is 19.1. The van der Waals surface area contributed by atoms with Crippen molar-refractivity contribution in [3.63, 3.8) is 0 Å². The van der Waals surface area contributed by atoms with Crippen LogP contribution in [-0.4, -0.2) is 55.4 Å². The average molecular weight is 401 g/mol. The van der Waals surface area contributed by atoms with E-state index in [1.54, 1.807) is 36.4 Å². The number of nitrogens with one attached hydrogen (secondary N) is 1. The summed E-state index contributed by atoms with van der Waals surface area (Å²) in [6, 6.07) is 13.9. The molecule has 0 spiro atoms. The molecule has 0 radical (unpaired) electrons. The van der Waals surface area contributed by atoms with E-state index in [4.69, 9.17) is 4.74 Å². The van der Waals surface area contributed by atoms with E-state index in [-0.39, 0.29) is 5.82 Å². The predicted molar refractivity (Wildman–Crippen MR) is 112 cm³/mol. The fourth-order valence-electron chi connectivity index (χ4n) is 3.37. The highest BCUT2D eigenvalue weighted by Gasteiger charge is 2.21. The van der Waals surface area contributed by atoms with Gasteiger partial charge in [-0.1, -0.05) is 31.2 Å². The van der Waals surface area contributed by atoms with E-state index < -0.39 is 12.2 Å². The van der Waals surface area contributed by atoms with E-state index >= 15 is 0 Å². The van der Waals surface area contributed by atoms with Crippen LogP contribution in [0.15, 0.2) is 48.5 Å². The van der Waals surface area contributed by atoms with Crippen molar-refractivity contribution in [2.45, 2.75) is 19.4 Å².